The zero-order chi connectivity index (χ0) is 8.10. The molecule has 0 bridgehead atoms. The van der Waals surface area contributed by atoms with Crippen molar-refractivity contribution in [2.75, 3.05) is 0 Å². The van der Waals surface area contributed by atoms with Gasteiger partial charge in [-0.1, -0.05) is 38.8 Å². The summed E-state index contributed by atoms with van der Waals surface area (Å²) in [5.74, 6) is 1.69. The van der Waals surface area contributed by atoms with Crippen LogP contribution in [0.5, 0.6) is 0 Å². The summed E-state index contributed by atoms with van der Waals surface area (Å²) in [7, 11) is 0. The first-order chi connectivity index (χ1) is 5.30. The fourth-order valence-electron chi connectivity index (χ4n) is 1.74. The van der Waals surface area contributed by atoms with E-state index >= 15 is 0 Å². The smallest absolute Gasteiger partial charge is 0.0210 e. The molecule has 0 radical (unpaired) electrons. The van der Waals surface area contributed by atoms with E-state index in [1.54, 1.807) is 0 Å². The van der Waals surface area contributed by atoms with Gasteiger partial charge >= 0.3 is 0 Å². The molecule has 0 aromatic rings. The second kappa shape index (κ2) is 4.58. The molecule has 1 rings (SSSR count). The Morgan fingerprint density at radius 1 is 1.18 bits per heavy atom. The van der Waals surface area contributed by atoms with Crippen molar-refractivity contribution in [2.24, 2.45) is 11.8 Å². The Labute approximate surface area is 70.7 Å². The number of hydrogen-bond acceptors (Lipinski definition) is 0. The Balaban J connectivity index is 2.42. The quantitative estimate of drug-likeness (QED) is 0.502. The molecule has 0 amide bonds. The molecule has 0 aromatic carbocycles. The molecule has 0 spiro atoms. The Morgan fingerprint density at radius 3 is 2.73 bits per heavy atom. The maximum atomic E-state index is 2.43. The van der Waals surface area contributed by atoms with Gasteiger partial charge in [0.2, 0.25) is 0 Å². The molecule has 64 valence electrons. The molecule has 11 heavy (non-hydrogen) atoms. The lowest BCUT2D eigenvalue weighted by Crippen LogP contribution is -2.06. The minimum absolute atomic E-state index is 0.837. The molecule has 0 N–H and O–H groups in total. The predicted octanol–water partition coefficient (Wildman–Crippen LogP) is 3.78. The first-order valence-corrected chi connectivity index (χ1v) is 4.97. The maximum absolute atomic E-state index is 2.43. The molecule has 1 unspecified atom stereocenters. The highest BCUT2D eigenvalue weighted by molar-refractivity contribution is 4.91. The lowest BCUT2D eigenvalue weighted by Gasteiger charge is -2.18. The average Bonchev–Trinajstić information content (AvgIpc) is 1.84. The fourth-order valence-corrected chi connectivity index (χ4v) is 1.74. The second-order valence-electron chi connectivity index (χ2n) is 3.97. The first kappa shape index (κ1) is 8.83. The van der Waals surface area contributed by atoms with Gasteiger partial charge in [-0.15, -0.1) is 0 Å². The topological polar surface area (TPSA) is 0 Å². The van der Waals surface area contributed by atoms with Crippen molar-refractivity contribution in [1.82, 2.24) is 0 Å². The molecule has 1 atom stereocenters. The lowest BCUT2D eigenvalue weighted by atomic mass is 9.88. The number of rotatable bonds is 1. The van der Waals surface area contributed by atoms with Gasteiger partial charge in [-0.05, 0) is 31.1 Å². The molecule has 0 heterocycles. The third-order valence-corrected chi connectivity index (χ3v) is 2.65. The minimum atomic E-state index is 0.837. The van der Waals surface area contributed by atoms with E-state index in [1.807, 2.05) is 0 Å². The van der Waals surface area contributed by atoms with Gasteiger partial charge in [0.15, 0.2) is 0 Å². The van der Waals surface area contributed by atoms with E-state index in [9.17, 15) is 0 Å². The first-order valence-electron chi connectivity index (χ1n) is 4.97. The van der Waals surface area contributed by atoms with Crippen molar-refractivity contribution in [3.63, 3.8) is 0 Å². The van der Waals surface area contributed by atoms with Crippen molar-refractivity contribution in [3.8, 4) is 0 Å². The van der Waals surface area contributed by atoms with E-state index in [4.69, 9.17) is 0 Å². The Morgan fingerprint density at radius 2 is 2.00 bits per heavy atom. The zero-order valence-electron chi connectivity index (χ0n) is 7.84. The molecule has 0 aliphatic heterocycles. The third-order valence-electron chi connectivity index (χ3n) is 2.65. The van der Waals surface area contributed by atoms with Gasteiger partial charge in [-0.25, -0.2) is 0 Å². The van der Waals surface area contributed by atoms with E-state index in [-0.39, 0.29) is 0 Å². The average molecular weight is 152 g/mol. The summed E-state index contributed by atoms with van der Waals surface area (Å²) in [5.41, 5.74) is 0. The van der Waals surface area contributed by atoms with Crippen LogP contribution < -0.4 is 0 Å². The van der Waals surface area contributed by atoms with Crippen molar-refractivity contribution < 1.29 is 0 Å². The zero-order valence-corrected chi connectivity index (χ0v) is 7.84. The lowest BCUT2D eigenvalue weighted by molar-refractivity contribution is 0.409. The number of allylic oxidation sites excluding steroid dienone is 2. The van der Waals surface area contributed by atoms with Crippen LogP contribution in [0.15, 0.2) is 12.2 Å². The summed E-state index contributed by atoms with van der Waals surface area (Å²) in [6, 6.07) is 0. The summed E-state index contributed by atoms with van der Waals surface area (Å²) >= 11 is 0. The molecule has 1 aliphatic rings. The van der Waals surface area contributed by atoms with Crippen LogP contribution in [0.2, 0.25) is 0 Å². The summed E-state index contributed by atoms with van der Waals surface area (Å²) in [6.07, 6.45) is 11.8. The fraction of sp³-hybridized carbons (Fsp3) is 0.818. The highest BCUT2D eigenvalue weighted by atomic mass is 14.2. The van der Waals surface area contributed by atoms with E-state index in [2.05, 4.69) is 26.0 Å². The standard InChI is InChI=1S/C11H20/c1-10(2)11-8-6-4-3-5-7-9-11/h6,8,10-11H,3-5,7,9H2,1-2H3/b8-6+. The molecule has 0 saturated carbocycles. The van der Waals surface area contributed by atoms with Gasteiger partial charge < -0.3 is 0 Å². The van der Waals surface area contributed by atoms with Gasteiger partial charge in [0, 0.05) is 0 Å². The number of hydrogen-bond donors (Lipinski definition) is 0. The van der Waals surface area contributed by atoms with Gasteiger partial charge in [-0.2, -0.15) is 0 Å². The molecule has 0 heteroatoms. The van der Waals surface area contributed by atoms with Crippen LogP contribution in [0.3, 0.4) is 0 Å². The molecule has 0 fully saturated rings. The van der Waals surface area contributed by atoms with Crippen LogP contribution in [0, 0.1) is 11.8 Å². The van der Waals surface area contributed by atoms with Gasteiger partial charge in [-0.3, -0.25) is 0 Å². The van der Waals surface area contributed by atoms with E-state index in [0.29, 0.717) is 0 Å². The molecule has 0 nitrogen and oxygen atoms in total. The van der Waals surface area contributed by atoms with Gasteiger partial charge in [0.1, 0.15) is 0 Å². The largest absolute Gasteiger partial charge is 0.0883 e. The molecule has 0 aromatic heterocycles. The SMILES string of the molecule is CC(C)C1/C=C/CCCCC1. The summed E-state index contributed by atoms with van der Waals surface area (Å²) in [4.78, 5) is 0. The monoisotopic (exact) mass is 152 g/mol. The van der Waals surface area contributed by atoms with Crippen LogP contribution in [-0.4, -0.2) is 0 Å². The minimum Gasteiger partial charge on any atom is -0.0883 e. The van der Waals surface area contributed by atoms with E-state index in [0.717, 1.165) is 11.8 Å². The predicted molar refractivity (Wildman–Crippen MR) is 50.6 cm³/mol. The van der Waals surface area contributed by atoms with Crippen LogP contribution >= 0.6 is 0 Å². The normalized spacial score (nSPS) is 29.5. The molecule has 0 saturated heterocycles. The van der Waals surface area contributed by atoms with Crippen molar-refractivity contribution in [3.05, 3.63) is 12.2 Å². The van der Waals surface area contributed by atoms with Crippen LogP contribution in [-0.2, 0) is 0 Å². The van der Waals surface area contributed by atoms with Crippen molar-refractivity contribution in [2.45, 2.75) is 46.0 Å². The van der Waals surface area contributed by atoms with Gasteiger partial charge in [0.05, 0.1) is 0 Å². The van der Waals surface area contributed by atoms with Crippen LogP contribution in [0.1, 0.15) is 46.0 Å². The molecule has 1 aliphatic carbocycles. The van der Waals surface area contributed by atoms with E-state index in [1.165, 1.54) is 32.1 Å². The maximum Gasteiger partial charge on any atom is -0.0210 e. The van der Waals surface area contributed by atoms with Crippen molar-refractivity contribution >= 4 is 0 Å². The third kappa shape index (κ3) is 3.09. The molecular weight excluding hydrogens is 132 g/mol. The highest BCUT2D eigenvalue weighted by Crippen LogP contribution is 2.22. The van der Waals surface area contributed by atoms with Gasteiger partial charge in [0.25, 0.3) is 0 Å². The van der Waals surface area contributed by atoms with Crippen LogP contribution in [0.4, 0.5) is 0 Å². The Bertz CT molecular complexity index is 122. The van der Waals surface area contributed by atoms with Crippen LogP contribution in [0.25, 0.3) is 0 Å². The van der Waals surface area contributed by atoms with E-state index < -0.39 is 0 Å². The Kier molecular flexibility index (Phi) is 3.68. The van der Waals surface area contributed by atoms with Crippen molar-refractivity contribution in [1.29, 1.82) is 0 Å². The Hall–Kier alpha value is -0.260. The summed E-state index contributed by atoms with van der Waals surface area (Å²) in [5, 5.41) is 0. The summed E-state index contributed by atoms with van der Waals surface area (Å²) < 4.78 is 0. The molecular formula is C11H20. The second-order valence-corrected chi connectivity index (χ2v) is 3.97. The summed E-state index contributed by atoms with van der Waals surface area (Å²) in [6.45, 7) is 4.66. The highest BCUT2D eigenvalue weighted by Gasteiger charge is 2.09.